The maximum Gasteiger partial charge on any atom is 0.483 e. The summed E-state index contributed by atoms with van der Waals surface area (Å²) in [5.41, 5.74) is -1.73. The van der Waals surface area contributed by atoms with Gasteiger partial charge in [-0.1, -0.05) is 0 Å². The summed E-state index contributed by atoms with van der Waals surface area (Å²) in [6.45, 7) is 1.48. The molecular formula is C17H27N3O16P2. The van der Waals surface area contributed by atoms with Gasteiger partial charge in [0.05, 0.1) is 18.8 Å². The minimum absolute atomic E-state index is 0.563. The lowest BCUT2D eigenvalue weighted by atomic mass is 9.97. The van der Waals surface area contributed by atoms with Crippen LogP contribution in [0.15, 0.2) is 21.9 Å². The van der Waals surface area contributed by atoms with Crippen molar-refractivity contribution in [2.75, 3.05) is 6.61 Å². The molecule has 19 nitrogen and oxygen atoms in total. The molecule has 2 unspecified atom stereocenters. The van der Waals surface area contributed by atoms with Crippen LogP contribution < -0.4 is 16.6 Å². The molecule has 2 aliphatic heterocycles. The number of aromatic nitrogens is 2. The van der Waals surface area contributed by atoms with E-state index in [0.717, 1.165) is 23.8 Å². The molecule has 1 aromatic heterocycles. The zero-order valence-corrected chi connectivity index (χ0v) is 21.5. The average Bonchev–Trinajstić information content (AvgIpc) is 3.06. The fourth-order valence-electron chi connectivity index (χ4n) is 3.75. The third-order valence-corrected chi connectivity index (χ3v) is 8.13. The van der Waals surface area contributed by atoms with E-state index in [9.17, 15) is 53.7 Å². The summed E-state index contributed by atoms with van der Waals surface area (Å²) in [6, 6.07) is -0.174. The number of phosphoric acid groups is 2. The molecule has 3 heterocycles. The van der Waals surface area contributed by atoms with E-state index < -0.39 is 94.6 Å². The van der Waals surface area contributed by atoms with Crippen molar-refractivity contribution < 1.29 is 67.0 Å². The van der Waals surface area contributed by atoms with Crippen molar-refractivity contribution in [3.05, 3.63) is 33.1 Å². The average molecular weight is 591 g/mol. The minimum Gasteiger partial charge on any atom is -0.388 e. The molecule has 1 aromatic rings. The maximum absolute atomic E-state index is 12.3. The van der Waals surface area contributed by atoms with Crippen LogP contribution in [0.2, 0.25) is 0 Å². The molecule has 0 aromatic carbocycles. The van der Waals surface area contributed by atoms with Gasteiger partial charge in [0.15, 0.2) is 12.5 Å². The van der Waals surface area contributed by atoms with Crippen LogP contribution in [-0.2, 0) is 36.8 Å². The van der Waals surface area contributed by atoms with E-state index in [4.69, 9.17) is 9.47 Å². The number of hydrogen-bond donors (Lipinski definition) is 8. The highest BCUT2D eigenvalue weighted by molar-refractivity contribution is 7.61. The number of phosphoric ester groups is 2. The Morgan fingerprint density at radius 3 is 2.34 bits per heavy atom. The quantitative estimate of drug-likeness (QED) is 0.129. The number of amides is 1. The van der Waals surface area contributed by atoms with Crippen LogP contribution in [0.1, 0.15) is 20.1 Å². The molecule has 21 heteroatoms. The number of aliphatic hydroxyl groups excluding tert-OH is 4. The lowest BCUT2D eigenvalue weighted by molar-refractivity contribution is -0.246. The summed E-state index contributed by atoms with van der Waals surface area (Å²) in [7, 11) is -11.0. The maximum atomic E-state index is 12.3. The normalized spacial score (nSPS) is 36.8. The lowest BCUT2D eigenvalue weighted by Crippen LogP contribution is -2.62. The Bertz CT molecular complexity index is 1220. The highest BCUT2D eigenvalue weighted by Gasteiger charge is 2.49. The molecule has 3 rings (SSSR count). The zero-order chi connectivity index (χ0) is 28.6. The van der Waals surface area contributed by atoms with E-state index in [0.29, 0.717) is 0 Å². The van der Waals surface area contributed by atoms with Crippen LogP contribution in [0.5, 0.6) is 0 Å². The van der Waals surface area contributed by atoms with Gasteiger partial charge in [0.25, 0.3) is 5.56 Å². The molecule has 0 spiro atoms. The van der Waals surface area contributed by atoms with E-state index >= 15 is 0 Å². The van der Waals surface area contributed by atoms with Crippen LogP contribution in [0.25, 0.3) is 0 Å². The predicted molar refractivity (Wildman–Crippen MR) is 119 cm³/mol. The van der Waals surface area contributed by atoms with Crippen LogP contribution in [0.4, 0.5) is 0 Å². The first-order chi connectivity index (χ1) is 17.5. The van der Waals surface area contributed by atoms with Gasteiger partial charge >= 0.3 is 21.3 Å². The third kappa shape index (κ3) is 7.22. The first-order valence-corrected chi connectivity index (χ1v) is 13.8. The fourth-order valence-corrected chi connectivity index (χ4v) is 5.91. The molecular weight excluding hydrogens is 564 g/mol. The molecule has 2 aliphatic rings. The summed E-state index contributed by atoms with van der Waals surface area (Å²) in [6.07, 6.45) is -12.4. The third-order valence-electron chi connectivity index (χ3n) is 5.53. The molecule has 2 saturated heterocycles. The number of carbonyl (C=O) groups is 1. The standard InChI is InChI=1S/C17H27N3O16P2/c1-6-10(18-7(2)21)12(24)14(26)16(33-6)35-38(30,31)36-37(28,29)32-5-8-11(23)13(25)15(34-8)20-4-3-9(22)19-17(20)27/h3-4,6,8,10-16,23-26H,5H2,1-2H3,(H,18,21)(H,28,29)(H,30,31)(H,19,22,27)/t6-,8+,10+,11+,12+,13+,14-,15+,16-/m0/s1. The van der Waals surface area contributed by atoms with Gasteiger partial charge in [0, 0.05) is 19.2 Å². The van der Waals surface area contributed by atoms with Gasteiger partial charge in [-0.25, -0.2) is 13.9 Å². The second-order valence-electron chi connectivity index (χ2n) is 8.40. The first kappa shape index (κ1) is 30.7. The van der Waals surface area contributed by atoms with Crippen LogP contribution in [0.3, 0.4) is 0 Å². The Morgan fingerprint density at radius 1 is 1.08 bits per heavy atom. The molecule has 0 radical (unpaired) electrons. The molecule has 38 heavy (non-hydrogen) atoms. The summed E-state index contributed by atoms with van der Waals surface area (Å²) >= 11 is 0. The number of carbonyl (C=O) groups excluding carboxylic acids is 1. The number of aliphatic hydroxyl groups is 4. The topological polar surface area (TPSA) is 286 Å². The molecule has 1 amide bonds. The SMILES string of the molecule is CC(=O)N[C@H]1[C@@H](O)[C@H](O)[C@H](OP(=O)(O)OP(=O)(O)OC[C@H]2O[C@@H](n3ccc(=O)[nH]c3=O)[C@H](O)[C@@H]2O)O[C@H]1C. The largest absolute Gasteiger partial charge is 0.483 e. The lowest BCUT2D eigenvalue weighted by Gasteiger charge is -2.41. The number of nitrogens with zero attached hydrogens (tertiary/aromatic N) is 1. The molecule has 0 saturated carbocycles. The van der Waals surface area contributed by atoms with Crippen molar-refractivity contribution in [2.45, 2.75) is 69.0 Å². The fraction of sp³-hybridized carbons (Fsp3) is 0.706. The van der Waals surface area contributed by atoms with Gasteiger partial charge in [0.1, 0.15) is 30.5 Å². The first-order valence-electron chi connectivity index (χ1n) is 10.8. The molecule has 216 valence electrons. The van der Waals surface area contributed by atoms with Crippen LogP contribution >= 0.6 is 15.6 Å². The molecule has 8 N–H and O–H groups in total. The van der Waals surface area contributed by atoms with Crippen LogP contribution in [-0.4, -0.2) is 101 Å². The number of H-pyrrole nitrogens is 1. The molecule has 2 fully saturated rings. The molecule has 0 bridgehead atoms. The summed E-state index contributed by atoms with van der Waals surface area (Å²) in [4.78, 5) is 56.1. The van der Waals surface area contributed by atoms with Crippen molar-refractivity contribution in [3.8, 4) is 0 Å². The van der Waals surface area contributed by atoms with Crippen molar-refractivity contribution in [1.29, 1.82) is 0 Å². The number of aromatic amines is 1. The van der Waals surface area contributed by atoms with Crippen molar-refractivity contribution >= 4 is 21.6 Å². The van der Waals surface area contributed by atoms with Gasteiger partial charge in [-0.3, -0.25) is 28.2 Å². The van der Waals surface area contributed by atoms with Gasteiger partial charge in [-0.05, 0) is 6.92 Å². The van der Waals surface area contributed by atoms with E-state index in [1.807, 2.05) is 4.98 Å². The van der Waals surface area contributed by atoms with Gasteiger partial charge in [-0.2, -0.15) is 4.31 Å². The van der Waals surface area contributed by atoms with Gasteiger partial charge in [0.2, 0.25) is 5.91 Å². The molecule has 11 atom stereocenters. The second kappa shape index (κ2) is 11.7. The van der Waals surface area contributed by atoms with Crippen molar-refractivity contribution in [1.82, 2.24) is 14.9 Å². The van der Waals surface area contributed by atoms with Crippen molar-refractivity contribution in [3.63, 3.8) is 0 Å². The Labute approximate surface area is 212 Å². The summed E-state index contributed by atoms with van der Waals surface area (Å²) < 4.78 is 49.0. The predicted octanol–water partition coefficient (Wildman–Crippen LogP) is -3.62. The summed E-state index contributed by atoms with van der Waals surface area (Å²) in [5.74, 6) is -0.563. The number of nitrogens with one attached hydrogen (secondary N) is 2. The zero-order valence-electron chi connectivity index (χ0n) is 19.7. The monoisotopic (exact) mass is 591 g/mol. The molecule has 0 aliphatic carbocycles. The Balaban J connectivity index is 1.60. The second-order valence-corrected chi connectivity index (χ2v) is 11.4. The summed E-state index contributed by atoms with van der Waals surface area (Å²) in [5, 5.41) is 43.0. The Morgan fingerprint density at radius 2 is 1.74 bits per heavy atom. The van der Waals surface area contributed by atoms with Gasteiger partial charge < -0.3 is 45.0 Å². The smallest absolute Gasteiger partial charge is 0.388 e. The Hall–Kier alpha value is -1.83. The number of hydrogen-bond acceptors (Lipinski definition) is 14. The van der Waals surface area contributed by atoms with E-state index in [-0.39, 0.29) is 0 Å². The number of rotatable bonds is 9. The highest BCUT2D eigenvalue weighted by atomic mass is 31.3. The number of ether oxygens (including phenoxy) is 2. The van der Waals surface area contributed by atoms with Crippen LogP contribution in [0, 0.1) is 0 Å². The van der Waals surface area contributed by atoms with Crippen molar-refractivity contribution in [2.24, 2.45) is 0 Å². The van der Waals surface area contributed by atoms with E-state index in [1.54, 1.807) is 0 Å². The Kier molecular flexibility index (Phi) is 9.48. The van der Waals surface area contributed by atoms with Gasteiger partial charge in [-0.15, -0.1) is 0 Å². The van der Waals surface area contributed by atoms with E-state index in [1.165, 1.54) is 6.92 Å². The van der Waals surface area contributed by atoms with E-state index in [2.05, 4.69) is 18.7 Å². The highest BCUT2D eigenvalue weighted by Crippen LogP contribution is 2.61. The minimum atomic E-state index is -5.53.